The van der Waals surface area contributed by atoms with Crippen LogP contribution in [0.1, 0.15) is 65.0 Å². The summed E-state index contributed by atoms with van der Waals surface area (Å²) in [5.41, 5.74) is 0.887. The Morgan fingerprint density at radius 3 is 2.75 bits per heavy atom. The number of pyridine rings is 1. The molecule has 3 fully saturated rings. The van der Waals surface area contributed by atoms with Crippen LogP contribution in [0, 0.1) is 5.82 Å². The summed E-state index contributed by atoms with van der Waals surface area (Å²) in [6.07, 6.45) is 6.76. The Kier molecular flexibility index (Phi) is 7.56. The van der Waals surface area contributed by atoms with Gasteiger partial charge in [0.25, 0.3) is 0 Å². The van der Waals surface area contributed by atoms with E-state index in [1.807, 2.05) is 0 Å². The Morgan fingerprint density at radius 2 is 1.95 bits per heavy atom. The van der Waals surface area contributed by atoms with Crippen molar-refractivity contribution in [2.24, 2.45) is 0 Å². The molecule has 3 atom stereocenters. The highest BCUT2D eigenvalue weighted by Crippen LogP contribution is 2.44. The molecule has 0 radical (unpaired) electrons. The molecule has 0 spiro atoms. The van der Waals surface area contributed by atoms with Crippen molar-refractivity contribution in [2.75, 3.05) is 44.4 Å². The van der Waals surface area contributed by atoms with E-state index in [2.05, 4.69) is 53.6 Å². The number of fused-ring (bicyclic) bond motifs is 3. The lowest BCUT2D eigenvalue weighted by Gasteiger charge is -2.39. The van der Waals surface area contributed by atoms with Gasteiger partial charge in [-0.3, -0.25) is 4.90 Å². The number of anilines is 1. The minimum atomic E-state index is -1.82. The first kappa shape index (κ1) is 28.5. The molecule has 2 aromatic heterocycles. The maximum absolute atomic E-state index is 15.4. The summed E-state index contributed by atoms with van der Waals surface area (Å²) in [5, 5.41) is 0.700. The lowest BCUT2D eigenvalue weighted by atomic mass is 9.95. The number of hydrogen-bond donors (Lipinski definition) is 0. The molecule has 2 aromatic rings. The SMILES string of the molecule is CC(C)(C)[Si](C)(C)OC[C@@H]1CC[C@]2(COc3nc4c5c(nc(Cl)c(F)c5n3)CC[C@H]3COCCCN43)CCCN12. The van der Waals surface area contributed by atoms with Crippen molar-refractivity contribution >= 4 is 36.6 Å². The smallest absolute Gasteiger partial charge is 0.319 e. The van der Waals surface area contributed by atoms with Gasteiger partial charge in [0, 0.05) is 25.8 Å². The third kappa shape index (κ3) is 5.01. The van der Waals surface area contributed by atoms with E-state index in [4.69, 9.17) is 30.5 Å². The number of aryl methyl sites for hydroxylation is 1. The molecule has 40 heavy (non-hydrogen) atoms. The molecule has 0 N–H and O–H groups in total. The topological polar surface area (TPSA) is 72.8 Å². The summed E-state index contributed by atoms with van der Waals surface area (Å²) in [6.45, 7) is 15.9. The second-order valence-electron chi connectivity index (χ2n) is 13.6. The average Bonchev–Trinajstić information content (AvgIpc) is 3.31. The summed E-state index contributed by atoms with van der Waals surface area (Å²) in [7, 11) is -1.82. The minimum absolute atomic E-state index is 0.0630. The molecule has 4 aliphatic rings. The van der Waals surface area contributed by atoms with E-state index in [0.717, 1.165) is 63.9 Å². The van der Waals surface area contributed by atoms with E-state index in [0.29, 0.717) is 43.5 Å². The maximum atomic E-state index is 15.4. The second kappa shape index (κ2) is 10.6. The molecule has 6 rings (SSSR count). The quantitative estimate of drug-likeness (QED) is 0.310. The number of ether oxygens (including phenoxy) is 2. The summed E-state index contributed by atoms with van der Waals surface area (Å²) < 4.78 is 34.3. The van der Waals surface area contributed by atoms with Gasteiger partial charge in [-0.25, -0.2) is 9.37 Å². The van der Waals surface area contributed by atoms with E-state index < -0.39 is 14.1 Å². The fraction of sp³-hybridized carbons (Fsp3) is 0.759. The number of nitrogens with zero attached hydrogens (tertiary/aromatic N) is 5. The Balaban J connectivity index is 1.26. The van der Waals surface area contributed by atoms with Crippen LogP contribution in [0.15, 0.2) is 0 Å². The van der Waals surface area contributed by atoms with E-state index >= 15 is 4.39 Å². The highest BCUT2D eigenvalue weighted by atomic mass is 35.5. The van der Waals surface area contributed by atoms with Crippen LogP contribution in [0.4, 0.5) is 10.2 Å². The Hall–Kier alpha value is -1.59. The van der Waals surface area contributed by atoms with E-state index in [-0.39, 0.29) is 33.3 Å². The van der Waals surface area contributed by atoms with Gasteiger partial charge in [-0.15, -0.1) is 0 Å². The lowest BCUT2D eigenvalue weighted by molar-refractivity contribution is 0.0663. The van der Waals surface area contributed by atoms with Crippen LogP contribution in [-0.4, -0.2) is 85.3 Å². The molecule has 0 unspecified atom stereocenters. The summed E-state index contributed by atoms with van der Waals surface area (Å²) in [5.74, 6) is 0.0849. The van der Waals surface area contributed by atoms with Crippen LogP contribution < -0.4 is 9.64 Å². The highest BCUT2D eigenvalue weighted by molar-refractivity contribution is 6.74. The highest BCUT2D eigenvalue weighted by Gasteiger charge is 2.50. The zero-order valence-electron chi connectivity index (χ0n) is 24.6. The monoisotopic (exact) mass is 591 g/mol. The first-order valence-electron chi connectivity index (χ1n) is 14.9. The average molecular weight is 592 g/mol. The van der Waals surface area contributed by atoms with Gasteiger partial charge in [-0.05, 0) is 69.6 Å². The molecule has 220 valence electrons. The Bertz CT molecular complexity index is 1280. The second-order valence-corrected chi connectivity index (χ2v) is 18.8. The van der Waals surface area contributed by atoms with Crippen LogP contribution >= 0.6 is 11.6 Å². The largest absolute Gasteiger partial charge is 0.461 e. The Morgan fingerprint density at radius 1 is 1.12 bits per heavy atom. The normalized spacial score (nSPS) is 27.4. The Labute approximate surface area is 243 Å². The minimum Gasteiger partial charge on any atom is -0.461 e. The van der Waals surface area contributed by atoms with E-state index in [1.54, 1.807) is 0 Å². The molecule has 0 bridgehead atoms. The molecule has 6 heterocycles. The summed E-state index contributed by atoms with van der Waals surface area (Å²) in [6, 6.07) is 0.748. The standard InChI is InChI=1S/C29H43ClFN5O3Si/c1-28(2,3)40(4,5)39-17-20-10-12-29(11-6-14-36(20)29)18-38-27-33-24-22-21(32-25(30)23(24)31)9-8-19-16-37-15-7-13-35(19)26(22)34-27/h19-20H,6-18H2,1-5H3/t19-,20-,29-/m0/s1. The van der Waals surface area contributed by atoms with Gasteiger partial charge in [0.2, 0.25) is 0 Å². The van der Waals surface area contributed by atoms with Crippen molar-refractivity contribution in [1.82, 2.24) is 19.9 Å². The van der Waals surface area contributed by atoms with Crippen LogP contribution in [0.2, 0.25) is 23.3 Å². The molecule has 0 aromatic carbocycles. The summed E-state index contributed by atoms with van der Waals surface area (Å²) in [4.78, 5) is 18.8. The van der Waals surface area contributed by atoms with Gasteiger partial charge in [0.1, 0.15) is 17.9 Å². The van der Waals surface area contributed by atoms with Gasteiger partial charge >= 0.3 is 6.01 Å². The zero-order valence-corrected chi connectivity index (χ0v) is 26.3. The van der Waals surface area contributed by atoms with Crippen LogP contribution in [0.25, 0.3) is 10.9 Å². The van der Waals surface area contributed by atoms with Crippen molar-refractivity contribution in [1.29, 1.82) is 0 Å². The van der Waals surface area contributed by atoms with Gasteiger partial charge < -0.3 is 18.8 Å². The van der Waals surface area contributed by atoms with Crippen molar-refractivity contribution in [2.45, 2.75) is 101 Å². The number of rotatable bonds is 6. The first-order chi connectivity index (χ1) is 19.0. The van der Waals surface area contributed by atoms with Gasteiger partial charge in [0.15, 0.2) is 19.3 Å². The fourth-order valence-corrected chi connectivity index (χ4v) is 8.02. The van der Waals surface area contributed by atoms with E-state index in [1.165, 1.54) is 0 Å². The molecule has 4 aliphatic heterocycles. The maximum Gasteiger partial charge on any atom is 0.319 e. The molecule has 0 aliphatic carbocycles. The molecular weight excluding hydrogens is 549 g/mol. The van der Waals surface area contributed by atoms with Crippen LogP contribution in [0.5, 0.6) is 6.01 Å². The van der Waals surface area contributed by atoms with Gasteiger partial charge in [-0.2, -0.15) is 9.97 Å². The molecule has 0 amide bonds. The predicted octanol–water partition coefficient (Wildman–Crippen LogP) is 5.76. The fourth-order valence-electron chi connectivity index (χ4n) is 6.79. The van der Waals surface area contributed by atoms with E-state index in [9.17, 15) is 0 Å². The summed E-state index contributed by atoms with van der Waals surface area (Å²) >= 11 is 6.25. The van der Waals surface area contributed by atoms with Crippen LogP contribution in [-0.2, 0) is 15.6 Å². The lowest BCUT2D eigenvalue weighted by Crippen LogP contribution is -2.50. The number of hydrogen-bond acceptors (Lipinski definition) is 8. The van der Waals surface area contributed by atoms with Crippen molar-refractivity contribution in [3.8, 4) is 6.01 Å². The molecule has 11 heteroatoms. The first-order valence-corrected chi connectivity index (χ1v) is 18.2. The molecular formula is C29H43ClFN5O3Si. The number of aromatic nitrogens is 3. The molecule has 8 nitrogen and oxygen atoms in total. The van der Waals surface area contributed by atoms with Gasteiger partial charge in [0.05, 0.1) is 29.3 Å². The molecule has 3 saturated heterocycles. The van der Waals surface area contributed by atoms with Crippen molar-refractivity contribution in [3.05, 3.63) is 16.7 Å². The van der Waals surface area contributed by atoms with Crippen molar-refractivity contribution in [3.63, 3.8) is 0 Å². The van der Waals surface area contributed by atoms with Crippen LogP contribution in [0.3, 0.4) is 0 Å². The number of halogens is 2. The third-order valence-corrected chi connectivity index (χ3v) is 14.9. The molecule has 0 saturated carbocycles. The third-order valence-electron chi connectivity index (χ3n) is 10.2. The predicted molar refractivity (Wildman–Crippen MR) is 158 cm³/mol. The van der Waals surface area contributed by atoms with Gasteiger partial charge in [-0.1, -0.05) is 32.4 Å². The van der Waals surface area contributed by atoms with Crippen molar-refractivity contribution < 1.29 is 18.3 Å². The zero-order chi connectivity index (χ0) is 28.3.